The zero-order valence-corrected chi connectivity index (χ0v) is 11.9. The van der Waals surface area contributed by atoms with E-state index >= 15 is 0 Å². The third-order valence-corrected chi connectivity index (χ3v) is 3.31. The van der Waals surface area contributed by atoms with E-state index in [-0.39, 0.29) is 33.5 Å². The maximum Gasteiger partial charge on any atom is 0.446 e. The Labute approximate surface area is 123 Å². The smallest absolute Gasteiger partial charge is 0.446 e. The number of aliphatic carboxylic acids is 1. The molecular weight excluding hydrogens is 307 g/mol. The fourth-order valence-corrected chi connectivity index (χ4v) is 1.83. The molecule has 0 aliphatic rings. The second kappa shape index (κ2) is 6.66. The molecule has 8 heteroatoms. The molecule has 1 amide bonds. The van der Waals surface area contributed by atoms with Gasteiger partial charge in [-0.25, -0.2) is 4.79 Å². The van der Waals surface area contributed by atoms with Crippen LogP contribution in [0.25, 0.3) is 0 Å². The highest BCUT2D eigenvalue weighted by Gasteiger charge is 2.29. The molecule has 0 saturated carbocycles. The third kappa shape index (κ3) is 5.50. The number of anilines is 1. The predicted molar refractivity (Wildman–Crippen MR) is 73.0 cm³/mol. The second-order valence-electron chi connectivity index (χ2n) is 4.08. The molecule has 1 aromatic rings. The number of nitrogens with one attached hydrogen (secondary N) is 1. The number of halogens is 3. The first kappa shape index (κ1) is 17.1. The van der Waals surface area contributed by atoms with Crippen LogP contribution < -0.4 is 5.32 Å². The largest absolute Gasteiger partial charge is 0.478 e. The molecule has 0 aliphatic carbocycles. The van der Waals surface area contributed by atoms with Crippen LogP contribution in [0, 0.1) is 0 Å². The first-order chi connectivity index (χ1) is 9.60. The van der Waals surface area contributed by atoms with Gasteiger partial charge in [0.25, 0.3) is 5.91 Å². The zero-order valence-electron chi connectivity index (χ0n) is 11.1. The highest BCUT2D eigenvalue weighted by Crippen LogP contribution is 2.37. The molecule has 1 aromatic carbocycles. The van der Waals surface area contributed by atoms with Gasteiger partial charge in [0.05, 0.1) is 0 Å². The molecule has 0 saturated heterocycles. The summed E-state index contributed by atoms with van der Waals surface area (Å²) in [6, 6.07) is 5.07. The fraction of sp³-hybridized carbons (Fsp3) is 0.231. The number of carbonyl (C=O) groups excluding carboxylic acids is 1. The topological polar surface area (TPSA) is 66.4 Å². The van der Waals surface area contributed by atoms with Crippen LogP contribution in [0.15, 0.2) is 40.3 Å². The lowest BCUT2D eigenvalue weighted by atomic mass is 10.1. The first-order valence-corrected chi connectivity index (χ1v) is 6.49. The summed E-state index contributed by atoms with van der Waals surface area (Å²) in [5, 5.41) is 11.2. The lowest BCUT2D eigenvalue weighted by molar-refractivity contribution is -0.133. The van der Waals surface area contributed by atoms with Crippen LogP contribution in [-0.2, 0) is 9.59 Å². The van der Waals surface area contributed by atoms with Crippen molar-refractivity contribution in [2.24, 2.45) is 0 Å². The standard InChI is InChI=1S/C13H12F3NO3S/c1-7(8(2)12(19)20)11(18)17-9-3-5-10(6-4-9)21-13(14,15)16/h3-6H,1-2H3,(H,17,18)(H,19,20). The van der Waals surface area contributed by atoms with Crippen molar-refractivity contribution in [2.45, 2.75) is 24.3 Å². The van der Waals surface area contributed by atoms with Gasteiger partial charge in [-0.1, -0.05) is 0 Å². The van der Waals surface area contributed by atoms with Crippen LogP contribution in [0.1, 0.15) is 13.8 Å². The zero-order chi connectivity index (χ0) is 16.2. The summed E-state index contributed by atoms with van der Waals surface area (Å²) < 4.78 is 36.5. The third-order valence-electron chi connectivity index (χ3n) is 2.57. The van der Waals surface area contributed by atoms with Crippen molar-refractivity contribution in [1.82, 2.24) is 0 Å². The van der Waals surface area contributed by atoms with E-state index in [1.807, 2.05) is 0 Å². The van der Waals surface area contributed by atoms with Gasteiger partial charge in [-0.05, 0) is 49.9 Å². The Morgan fingerprint density at radius 1 is 1.10 bits per heavy atom. The molecule has 0 unspecified atom stereocenters. The Kier molecular flexibility index (Phi) is 5.42. The molecule has 0 aliphatic heterocycles. The van der Waals surface area contributed by atoms with Crippen molar-refractivity contribution in [2.75, 3.05) is 5.32 Å². The van der Waals surface area contributed by atoms with Crippen LogP contribution in [0.5, 0.6) is 0 Å². The second-order valence-corrected chi connectivity index (χ2v) is 5.22. The van der Waals surface area contributed by atoms with E-state index in [0.29, 0.717) is 0 Å². The van der Waals surface area contributed by atoms with Crippen molar-refractivity contribution in [1.29, 1.82) is 0 Å². The first-order valence-electron chi connectivity index (χ1n) is 5.68. The van der Waals surface area contributed by atoms with Crippen molar-refractivity contribution in [3.8, 4) is 0 Å². The normalized spacial score (nSPS) is 12.6. The summed E-state index contributed by atoms with van der Waals surface area (Å²) in [5.41, 5.74) is -4.17. The number of benzene rings is 1. The van der Waals surface area contributed by atoms with Crippen LogP contribution in [-0.4, -0.2) is 22.5 Å². The molecule has 0 bridgehead atoms. The van der Waals surface area contributed by atoms with Gasteiger partial charge in [0.15, 0.2) is 0 Å². The van der Waals surface area contributed by atoms with Gasteiger partial charge < -0.3 is 10.4 Å². The quantitative estimate of drug-likeness (QED) is 0.656. The van der Waals surface area contributed by atoms with Gasteiger partial charge >= 0.3 is 11.5 Å². The number of alkyl halides is 3. The molecule has 0 spiro atoms. The average Bonchev–Trinajstić information content (AvgIpc) is 2.37. The molecule has 114 valence electrons. The van der Waals surface area contributed by atoms with Crippen LogP contribution >= 0.6 is 11.8 Å². The van der Waals surface area contributed by atoms with Crippen molar-refractivity contribution in [3.05, 3.63) is 35.4 Å². The average molecular weight is 319 g/mol. The fourth-order valence-electron chi connectivity index (χ4n) is 1.30. The maximum absolute atomic E-state index is 12.2. The molecule has 4 nitrogen and oxygen atoms in total. The number of thioether (sulfide) groups is 1. The van der Waals surface area contributed by atoms with E-state index in [4.69, 9.17) is 5.11 Å². The van der Waals surface area contributed by atoms with E-state index in [0.717, 1.165) is 0 Å². The van der Waals surface area contributed by atoms with E-state index < -0.39 is 17.4 Å². The highest BCUT2D eigenvalue weighted by molar-refractivity contribution is 8.00. The van der Waals surface area contributed by atoms with E-state index in [1.165, 1.54) is 38.1 Å². The molecule has 0 atom stereocenters. The summed E-state index contributed by atoms with van der Waals surface area (Å²) in [6.07, 6.45) is 0. The van der Waals surface area contributed by atoms with Gasteiger partial charge in [0, 0.05) is 21.7 Å². The molecule has 0 heterocycles. The lowest BCUT2D eigenvalue weighted by Crippen LogP contribution is -2.16. The van der Waals surface area contributed by atoms with Crippen LogP contribution in [0.2, 0.25) is 0 Å². The van der Waals surface area contributed by atoms with Gasteiger partial charge in [0.1, 0.15) is 0 Å². The highest BCUT2D eigenvalue weighted by atomic mass is 32.2. The minimum absolute atomic E-state index is 0.00511. The molecule has 0 radical (unpaired) electrons. The number of carboxylic acids is 1. The van der Waals surface area contributed by atoms with Crippen molar-refractivity contribution in [3.63, 3.8) is 0 Å². The Balaban J connectivity index is 2.79. The van der Waals surface area contributed by atoms with Gasteiger partial charge in [-0.3, -0.25) is 4.79 Å². The van der Waals surface area contributed by atoms with E-state index in [1.54, 1.807) is 0 Å². The number of carbonyl (C=O) groups is 2. The summed E-state index contributed by atoms with van der Waals surface area (Å²) in [6.45, 7) is 2.65. The maximum atomic E-state index is 12.2. The van der Waals surface area contributed by atoms with E-state index in [9.17, 15) is 22.8 Å². The monoisotopic (exact) mass is 319 g/mol. The Morgan fingerprint density at radius 3 is 2.05 bits per heavy atom. The Hall–Kier alpha value is -1.96. The van der Waals surface area contributed by atoms with Crippen molar-refractivity contribution >= 4 is 29.3 Å². The number of carboxylic acid groups (broad SMARTS) is 1. The van der Waals surface area contributed by atoms with Gasteiger partial charge in [-0.15, -0.1) is 0 Å². The van der Waals surface area contributed by atoms with Gasteiger partial charge in [0.2, 0.25) is 0 Å². The molecule has 2 N–H and O–H groups in total. The molecule has 0 aromatic heterocycles. The molecule has 1 rings (SSSR count). The SMILES string of the molecule is CC(C(=O)O)=C(C)C(=O)Nc1ccc(SC(F)(F)F)cc1. The van der Waals surface area contributed by atoms with Gasteiger partial charge in [-0.2, -0.15) is 13.2 Å². The molecule has 21 heavy (non-hydrogen) atoms. The molecular formula is C13H12F3NO3S. The number of rotatable bonds is 4. The minimum Gasteiger partial charge on any atom is -0.478 e. The summed E-state index contributed by atoms with van der Waals surface area (Å²) in [7, 11) is 0. The number of hydrogen-bond donors (Lipinski definition) is 2. The van der Waals surface area contributed by atoms with Crippen LogP contribution in [0.3, 0.4) is 0 Å². The lowest BCUT2D eigenvalue weighted by Gasteiger charge is -2.09. The number of amides is 1. The Bertz CT molecular complexity index is 579. The van der Waals surface area contributed by atoms with Crippen LogP contribution in [0.4, 0.5) is 18.9 Å². The predicted octanol–water partition coefficient (Wildman–Crippen LogP) is 3.66. The summed E-state index contributed by atoms with van der Waals surface area (Å²) >= 11 is -0.256. The summed E-state index contributed by atoms with van der Waals surface area (Å²) in [5.74, 6) is -1.83. The number of hydrogen-bond acceptors (Lipinski definition) is 3. The summed E-state index contributed by atoms with van der Waals surface area (Å²) in [4.78, 5) is 22.5. The van der Waals surface area contributed by atoms with E-state index in [2.05, 4.69) is 5.32 Å². The minimum atomic E-state index is -4.37. The Morgan fingerprint density at radius 2 is 1.62 bits per heavy atom. The molecule has 0 fully saturated rings. The van der Waals surface area contributed by atoms with Crippen molar-refractivity contribution < 1.29 is 27.9 Å².